The monoisotopic (exact) mass is 422 g/mol. The Morgan fingerprint density at radius 3 is 2.77 bits per heavy atom. The lowest BCUT2D eigenvalue weighted by Crippen LogP contribution is -2.59. The fourth-order valence-corrected chi connectivity index (χ4v) is 7.96. The molecule has 166 valence electrons. The normalized spacial score (nSPS) is 41.3. The van der Waals surface area contributed by atoms with Gasteiger partial charge in [-0.3, -0.25) is 14.6 Å². The molecule has 3 saturated carbocycles. The van der Waals surface area contributed by atoms with Crippen LogP contribution in [0.4, 0.5) is 5.82 Å². The zero-order valence-corrected chi connectivity index (χ0v) is 18.9. The summed E-state index contributed by atoms with van der Waals surface area (Å²) in [6.07, 6.45) is 16.4. The largest absolute Gasteiger partial charge is 0.338 e. The van der Waals surface area contributed by atoms with Crippen LogP contribution in [0.3, 0.4) is 0 Å². The van der Waals surface area contributed by atoms with E-state index in [2.05, 4.69) is 35.2 Å². The van der Waals surface area contributed by atoms with E-state index in [1.807, 2.05) is 11.9 Å². The quantitative estimate of drug-likeness (QED) is 0.797. The van der Waals surface area contributed by atoms with Crippen LogP contribution in [0, 0.1) is 34.5 Å². The Hall–Kier alpha value is -2.24. The van der Waals surface area contributed by atoms with Gasteiger partial charge in [0.05, 0.1) is 6.20 Å². The van der Waals surface area contributed by atoms with Crippen molar-refractivity contribution in [2.45, 2.75) is 64.8 Å². The molecule has 7 atom stereocenters. The molecule has 6 heteroatoms. The van der Waals surface area contributed by atoms with Crippen molar-refractivity contribution in [3.63, 3.8) is 0 Å². The van der Waals surface area contributed by atoms with Crippen molar-refractivity contribution in [3.8, 4) is 0 Å². The lowest BCUT2D eigenvalue weighted by atomic mass is 9.47. The van der Waals surface area contributed by atoms with Crippen LogP contribution in [-0.2, 0) is 9.59 Å². The van der Waals surface area contributed by atoms with Crippen molar-refractivity contribution in [3.05, 3.63) is 30.7 Å². The number of fused-ring (bicyclic) bond motifs is 5. The minimum atomic E-state index is 0.0560. The van der Waals surface area contributed by atoms with Gasteiger partial charge in [0, 0.05) is 37.3 Å². The predicted octanol–water partition coefficient (Wildman–Crippen LogP) is 4.06. The molecule has 0 saturated heterocycles. The molecule has 31 heavy (non-hydrogen) atoms. The summed E-state index contributed by atoms with van der Waals surface area (Å²) >= 11 is 0. The number of carbonyl (C=O) groups excluding carboxylic acids is 2. The van der Waals surface area contributed by atoms with Crippen molar-refractivity contribution >= 4 is 17.6 Å². The van der Waals surface area contributed by atoms with Gasteiger partial charge in [0.25, 0.3) is 0 Å². The van der Waals surface area contributed by atoms with Crippen LogP contribution in [0.25, 0.3) is 0 Å². The molecule has 2 amide bonds. The van der Waals surface area contributed by atoms with E-state index in [1.165, 1.54) is 25.7 Å². The molecule has 1 aromatic heterocycles. The van der Waals surface area contributed by atoms with Gasteiger partial charge in [-0.1, -0.05) is 19.9 Å². The second kappa shape index (κ2) is 7.42. The molecule has 6 nitrogen and oxygen atoms in total. The molecule has 5 rings (SSSR count). The fourth-order valence-electron chi connectivity index (χ4n) is 7.96. The standard InChI is InChI=1S/C25H34N4O2/c1-24-10-8-19-17(5-7-20-25(19,2)11-9-23(31)29(20)3)18(24)6-4-16(24)14-22(30)28-21-15-26-12-13-27-21/h9,11-13,15-20H,4-8,10,14H2,1-3H3,(H,27,28,30)/t16-,17+,18+,19+,20-,24-,25-/m1/s1. The molecular formula is C25H34N4O2. The highest BCUT2D eigenvalue weighted by Gasteiger charge is 2.60. The Labute approximate surface area is 184 Å². The average Bonchev–Trinajstić information content (AvgIpc) is 3.08. The van der Waals surface area contributed by atoms with Gasteiger partial charge < -0.3 is 10.2 Å². The second-order valence-corrected chi connectivity index (χ2v) is 10.8. The van der Waals surface area contributed by atoms with Crippen LogP contribution in [0.15, 0.2) is 30.7 Å². The van der Waals surface area contributed by atoms with Crippen LogP contribution < -0.4 is 5.32 Å². The van der Waals surface area contributed by atoms with Crippen molar-refractivity contribution < 1.29 is 9.59 Å². The summed E-state index contributed by atoms with van der Waals surface area (Å²) in [5.74, 6) is 3.16. The van der Waals surface area contributed by atoms with Crippen molar-refractivity contribution in [1.29, 1.82) is 0 Å². The molecular weight excluding hydrogens is 388 g/mol. The van der Waals surface area contributed by atoms with Gasteiger partial charge in [-0.05, 0) is 73.7 Å². The third kappa shape index (κ3) is 3.21. The van der Waals surface area contributed by atoms with Gasteiger partial charge in [0.1, 0.15) is 0 Å². The van der Waals surface area contributed by atoms with Crippen molar-refractivity contribution in [2.75, 3.05) is 12.4 Å². The van der Waals surface area contributed by atoms with E-state index in [-0.39, 0.29) is 22.6 Å². The van der Waals surface area contributed by atoms with Crippen LogP contribution in [0.5, 0.6) is 0 Å². The highest BCUT2D eigenvalue weighted by molar-refractivity contribution is 5.90. The van der Waals surface area contributed by atoms with Crippen LogP contribution in [-0.4, -0.2) is 39.8 Å². The number of amides is 2. The number of anilines is 1. The smallest absolute Gasteiger partial charge is 0.246 e. The van der Waals surface area contributed by atoms with Crippen LogP contribution in [0.1, 0.15) is 58.8 Å². The minimum absolute atomic E-state index is 0.0560. The number of nitrogens with zero attached hydrogens (tertiary/aromatic N) is 3. The zero-order valence-electron chi connectivity index (χ0n) is 18.9. The number of rotatable bonds is 3. The van der Waals surface area contributed by atoms with E-state index in [4.69, 9.17) is 0 Å². The molecule has 1 aliphatic heterocycles. The van der Waals surface area contributed by atoms with Crippen molar-refractivity contribution in [2.24, 2.45) is 34.5 Å². The first kappa shape index (κ1) is 20.7. The van der Waals surface area contributed by atoms with E-state index in [0.717, 1.165) is 12.8 Å². The third-order valence-corrected chi connectivity index (χ3v) is 9.59. The summed E-state index contributed by atoms with van der Waals surface area (Å²) < 4.78 is 0. The lowest BCUT2D eigenvalue weighted by Gasteiger charge is -2.60. The molecule has 0 unspecified atom stereocenters. The maximum absolute atomic E-state index is 12.7. The molecule has 3 fully saturated rings. The van der Waals surface area contributed by atoms with E-state index >= 15 is 0 Å². The maximum Gasteiger partial charge on any atom is 0.246 e. The van der Waals surface area contributed by atoms with Gasteiger partial charge in [-0.25, -0.2) is 4.98 Å². The highest BCUT2D eigenvalue weighted by atomic mass is 16.2. The van der Waals surface area contributed by atoms with E-state index in [1.54, 1.807) is 24.7 Å². The van der Waals surface area contributed by atoms with Gasteiger partial charge >= 0.3 is 0 Å². The topological polar surface area (TPSA) is 75.2 Å². The first-order valence-corrected chi connectivity index (χ1v) is 11.8. The number of carbonyl (C=O) groups is 2. The summed E-state index contributed by atoms with van der Waals surface area (Å²) in [5.41, 5.74) is 0.304. The summed E-state index contributed by atoms with van der Waals surface area (Å²) in [7, 11) is 1.98. The molecule has 0 aromatic carbocycles. The average molecular weight is 423 g/mol. The van der Waals surface area contributed by atoms with Crippen LogP contribution in [0.2, 0.25) is 0 Å². The van der Waals surface area contributed by atoms with E-state index in [9.17, 15) is 9.59 Å². The Balaban J connectivity index is 1.32. The van der Waals surface area contributed by atoms with Gasteiger partial charge in [-0.2, -0.15) is 0 Å². The summed E-state index contributed by atoms with van der Waals surface area (Å²) in [6, 6.07) is 0.325. The maximum atomic E-state index is 12.7. The predicted molar refractivity (Wildman–Crippen MR) is 119 cm³/mol. The number of likely N-dealkylation sites (N-methyl/N-ethyl adjacent to an activating group) is 1. The van der Waals surface area contributed by atoms with Gasteiger partial charge in [-0.15, -0.1) is 0 Å². The summed E-state index contributed by atoms with van der Waals surface area (Å²) in [6.45, 7) is 4.83. The second-order valence-electron chi connectivity index (χ2n) is 10.8. The molecule has 3 aliphatic carbocycles. The first-order chi connectivity index (χ1) is 14.8. The molecule has 1 N–H and O–H groups in total. The highest BCUT2D eigenvalue weighted by Crippen LogP contribution is 2.65. The minimum Gasteiger partial charge on any atom is -0.338 e. The number of hydrogen-bond acceptors (Lipinski definition) is 4. The molecule has 1 aromatic rings. The number of aromatic nitrogens is 2. The molecule has 4 aliphatic rings. The SMILES string of the molecule is CN1C(=O)C=C[C@]2(C)[C@H]3CC[C@]4(C)[C@@H](CC(=O)Nc5cnccn5)CC[C@H]4[C@@H]3CC[C@@H]12. The van der Waals surface area contributed by atoms with E-state index in [0.29, 0.717) is 42.0 Å². The van der Waals surface area contributed by atoms with E-state index < -0.39 is 0 Å². The van der Waals surface area contributed by atoms with Gasteiger partial charge in [0.2, 0.25) is 11.8 Å². The van der Waals surface area contributed by atoms with Crippen LogP contribution >= 0.6 is 0 Å². The third-order valence-electron chi connectivity index (χ3n) is 9.59. The Morgan fingerprint density at radius 1 is 1.16 bits per heavy atom. The zero-order chi connectivity index (χ0) is 21.8. The Kier molecular flexibility index (Phi) is 4.94. The number of hydrogen-bond donors (Lipinski definition) is 1. The van der Waals surface area contributed by atoms with Crippen molar-refractivity contribution in [1.82, 2.24) is 14.9 Å². The fraction of sp³-hybridized carbons (Fsp3) is 0.680. The molecule has 0 spiro atoms. The first-order valence-electron chi connectivity index (χ1n) is 11.8. The number of nitrogens with one attached hydrogen (secondary N) is 1. The molecule has 2 heterocycles. The van der Waals surface area contributed by atoms with Gasteiger partial charge in [0.15, 0.2) is 5.82 Å². The summed E-state index contributed by atoms with van der Waals surface area (Å²) in [4.78, 5) is 35.2. The molecule has 0 bridgehead atoms. The summed E-state index contributed by atoms with van der Waals surface area (Å²) in [5, 5.41) is 2.93. The lowest BCUT2D eigenvalue weighted by molar-refractivity contribution is -0.139. The Bertz CT molecular complexity index is 902. The Morgan fingerprint density at radius 2 is 2.00 bits per heavy atom. The molecule has 0 radical (unpaired) electrons.